The highest BCUT2D eigenvalue weighted by Gasteiger charge is 2.47. The number of piperidine rings is 2. The van der Waals surface area contributed by atoms with Gasteiger partial charge in [0.25, 0.3) is 17.7 Å². The fourth-order valence-electron chi connectivity index (χ4n) is 9.41. The molecule has 1 unspecified atom stereocenters. The number of carbonyl (C=O) groups excluding carboxylic acids is 5. The Morgan fingerprint density at radius 2 is 1.64 bits per heavy atom. The highest BCUT2D eigenvalue weighted by molar-refractivity contribution is 6.33. The maximum absolute atomic E-state index is 13.3. The smallest absolute Gasteiger partial charge is 0.274 e. The first-order chi connectivity index (χ1) is 26.5. The molecule has 6 aliphatic rings. The van der Waals surface area contributed by atoms with E-state index in [1.807, 2.05) is 23.1 Å². The molecule has 0 aliphatic carbocycles. The van der Waals surface area contributed by atoms with Crippen molar-refractivity contribution in [3.63, 3.8) is 0 Å². The highest BCUT2D eigenvalue weighted by atomic mass is 35.5. The molecule has 5 amide bonds. The average molecular weight is 762 g/mol. The van der Waals surface area contributed by atoms with Crippen LogP contribution >= 0.6 is 11.6 Å². The summed E-state index contributed by atoms with van der Waals surface area (Å²) in [7, 11) is 0. The average Bonchev–Trinajstić information content (AvgIpc) is 3.59. The second-order valence-electron chi connectivity index (χ2n) is 16.0. The van der Waals surface area contributed by atoms with Crippen molar-refractivity contribution >= 4 is 64.0 Å². The molecular weight excluding hydrogens is 722 g/mol. The largest absolute Gasteiger partial charge is 0.371 e. The normalized spacial score (nSPS) is 23.8. The molecule has 7 heterocycles. The zero-order valence-electron chi connectivity index (χ0n) is 30.4. The van der Waals surface area contributed by atoms with E-state index in [0.717, 1.165) is 74.1 Å². The number of fused-ring (bicyclic) bond motifs is 1. The highest BCUT2D eigenvalue weighted by Crippen LogP contribution is 2.46. The van der Waals surface area contributed by atoms with Crippen molar-refractivity contribution in [2.24, 2.45) is 17.3 Å². The Hall–Kier alpha value is -5.55. The predicted molar refractivity (Wildman–Crippen MR) is 203 cm³/mol. The quantitative estimate of drug-likeness (QED) is 0.287. The summed E-state index contributed by atoms with van der Waals surface area (Å²) in [6, 6.07) is 10.3. The number of benzene rings is 2. The SMILES string of the molecule is [C-]#[N+]c1ccc(N2CC3(CCN(c4cnc(C(=O)N5CC(C6CN(c7ccc8c(c7)C(=O)N(C7CCC(=O)NC7=O)C8=O)C6)C5)cn4)CC3)C[C@@H]2C)cc1Cl. The second kappa shape index (κ2) is 13.3. The summed E-state index contributed by atoms with van der Waals surface area (Å²) < 4.78 is 0. The lowest BCUT2D eigenvalue weighted by Crippen LogP contribution is -2.61. The first-order valence-electron chi connectivity index (χ1n) is 18.9. The zero-order valence-corrected chi connectivity index (χ0v) is 31.2. The number of amides is 5. The van der Waals surface area contributed by atoms with Crippen LogP contribution in [-0.2, 0) is 9.59 Å². The number of nitrogens with one attached hydrogen (secondary N) is 1. The van der Waals surface area contributed by atoms with E-state index in [0.29, 0.717) is 47.4 Å². The number of likely N-dealkylation sites (tertiary alicyclic amines) is 1. The molecule has 5 saturated heterocycles. The van der Waals surface area contributed by atoms with Crippen LogP contribution in [0, 0.1) is 23.8 Å². The summed E-state index contributed by atoms with van der Waals surface area (Å²) >= 11 is 6.36. The summed E-state index contributed by atoms with van der Waals surface area (Å²) in [5.41, 5.74) is 3.47. The monoisotopic (exact) mass is 761 g/mol. The van der Waals surface area contributed by atoms with Gasteiger partial charge in [-0.05, 0) is 68.4 Å². The van der Waals surface area contributed by atoms with Crippen LogP contribution in [0.5, 0.6) is 0 Å². The number of hydrogen-bond donors (Lipinski definition) is 1. The van der Waals surface area contributed by atoms with Crippen LogP contribution in [0.4, 0.5) is 22.9 Å². The maximum Gasteiger partial charge on any atom is 0.274 e. The zero-order chi connectivity index (χ0) is 38.2. The fourth-order valence-corrected chi connectivity index (χ4v) is 9.63. The van der Waals surface area contributed by atoms with Crippen molar-refractivity contribution in [2.45, 2.75) is 51.1 Å². The standard InChI is InChI=1S/C40H40ClN9O5/c1-23-15-40(22-49(23)27-4-6-31(42-2)30(41)14-27)9-11-46(12-10-40)34-17-43-32(16-44-34)39(55)48-20-25(21-48)24-18-47(19-24)26-3-5-28-29(13-26)38(54)50(37(28)53)33-7-8-35(51)45-36(33)52/h3-6,13-14,16-17,23-25,33H,7-12,15,18-22H2,1H3,(H,45,51,52)/t23-,33?/m0/s1. The maximum atomic E-state index is 13.3. The molecule has 55 heavy (non-hydrogen) atoms. The van der Waals surface area contributed by atoms with Gasteiger partial charge < -0.3 is 19.6 Å². The molecule has 9 rings (SSSR count). The summed E-state index contributed by atoms with van der Waals surface area (Å²) in [6.07, 6.45) is 6.68. The molecule has 0 bridgehead atoms. The Bertz CT molecular complexity index is 2170. The predicted octanol–water partition coefficient (Wildman–Crippen LogP) is 4.18. The lowest BCUT2D eigenvalue weighted by atomic mass is 9.77. The van der Waals surface area contributed by atoms with E-state index in [9.17, 15) is 24.0 Å². The molecule has 1 N–H and O–H groups in total. The molecule has 2 aromatic carbocycles. The van der Waals surface area contributed by atoms with Crippen LogP contribution in [0.2, 0.25) is 5.02 Å². The number of carbonyl (C=O) groups is 5. The van der Waals surface area contributed by atoms with E-state index in [1.54, 1.807) is 30.6 Å². The van der Waals surface area contributed by atoms with Gasteiger partial charge in [-0.3, -0.25) is 34.2 Å². The molecule has 5 fully saturated rings. The summed E-state index contributed by atoms with van der Waals surface area (Å²) in [5.74, 6) is -0.632. The molecule has 6 aliphatic heterocycles. The van der Waals surface area contributed by atoms with E-state index in [-0.39, 0.29) is 35.3 Å². The number of hydrogen-bond acceptors (Lipinski definition) is 10. The molecule has 0 saturated carbocycles. The Morgan fingerprint density at radius 3 is 2.33 bits per heavy atom. The van der Waals surface area contributed by atoms with Gasteiger partial charge >= 0.3 is 0 Å². The van der Waals surface area contributed by atoms with Crippen molar-refractivity contribution in [3.8, 4) is 0 Å². The Labute approximate surface area is 323 Å². The number of nitrogens with zero attached hydrogens (tertiary/aromatic N) is 8. The van der Waals surface area contributed by atoms with Crippen molar-refractivity contribution in [2.75, 3.05) is 60.5 Å². The number of imide groups is 2. The second-order valence-corrected chi connectivity index (χ2v) is 16.4. The van der Waals surface area contributed by atoms with Gasteiger partial charge in [-0.15, -0.1) is 0 Å². The number of aromatic nitrogens is 2. The molecule has 282 valence electrons. The Kier molecular flexibility index (Phi) is 8.53. The van der Waals surface area contributed by atoms with Crippen LogP contribution in [0.15, 0.2) is 48.8 Å². The minimum absolute atomic E-state index is 0.0782. The fraction of sp³-hybridized carbons (Fsp3) is 0.450. The number of rotatable bonds is 6. The van der Waals surface area contributed by atoms with Gasteiger partial charge in [-0.25, -0.2) is 14.8 Å². The Balaban J connectivity index is 0.745. The van der Waals surface area contributed by atoms with Crippen molar-refractivity contribution in [1.82, 2.24) is 25.1 Å². The lowest BCUT2D eigenvalue weighted by molar-refractivity contribution is -0.136. The van der Waals surface area contributed by atoms with E-state index in [1.165, 1.54) is 0 Å². The molecule has 15 heteroatoms. The Morgan fingerprint density at radius 1 is 0.909 bits per heavy atom. The molecular formula is C40H40ClN9O5. The van der Waals surface area contributed by atoms with Crippen LogP contribution in [0.25, 0.3) is 4.85 Å². The molecule has 3 aromatic rings. The number of halogens is 1. The molecule has 2 atom stereocenters. The minimum atomic E-state index is -0.990. The van der Waals surface area contributed by atoms with Crippen LogP contribution in [0.3, 0.4) is 0 Å². The van der Waals surface area contributed by atoms with Gasteiger partial charge in [-0.2, -0.15) is 0 Å². The van der Waals surface area contributed by atoms with Gasteiger partial charge in [0.05, 0.1) is 30.1 Å². The lowest BCUT2D eigenvalue weighted by Gasteiger charge is -2.51. The minimum Gasteiger partial charge on any atom is -0.371 e. The molecule has 0 radical (unpaired) electrons. The summed E-state index contributed by atoms with van der Waals surface area (Å²) in [6.45, 7) is 15.1. The van der Waals surface area contributed by atoms with Gasteiger partial charge in [-0.1, -0.05) is 17.7 Å². The molecule has 1 spiro atoms. The van der Waals surface area contributed by atoms with Crippen molar-refractivity contribution in [1.29, 1.82) is 0 Å². The third-order valence-electron chi connectivity index (χ3n) is 12.7. The van der Waals surface area contributed by atoms with Crippen LogP contribution < -0.4 is 20.0 Å². The number of anilines is 3. The summed E-state index contributed by atoms with van der Waals surface area (Å²) in [4.78, 5) is 85.9. The summed E-state index contributed by atoms with van der Waals surface area (Å²) in [5, 5.41) is 2.72. The van der Waals surface area contributed by atoms with Crippen LogP contribution in [-0.4, -0.2) is 107 Å². The van der Waals surface area contributed by atoms with Crippen LogP contribution in [0.1, 0.15) is 70.2 Å². The first kappa shape index (κ1) is 35.2. The topological polar surface area (TPSA) is 144 Å². The van der Waals surface area contributed by atoms with E-state index < -0.39 is 29.7 Å². The van der Waals surface area contributed by atoms with E-state index >= 15 is 0 Å². The van der Waals surface area contributed by atoms with Crippen molar-refractivity contribution in [3.05, 3.63) is 82.1 Å². The van der Waals surface area contributed by atoms with Gasteiger partial charge in [0.2, 0.25) is 17.5 Å². The van der Waals surface area contributed by atoms with Gasteiger partial charge in [0.1, 0.15) is 17.6 Å². The van der Waals surface area contributed by atoms with Gasteiger partial charge in [0, 0.05) is 86.5 Å². The third kappa shape index (κ3) is 6.05. The molecule has 14 nitrogen and oxygen atoms in total. The van der Waals surface area contributed by atoms with Gasteiger partial charge in [0.15, 0.2) is 0 Å². The third-order valence-corrected chi connectivity index (χ3v) is 13.0. The van der Waals surface area contributed by atoms with E-state index in [2.05, 4.69) is 41.8 Å². The first-order valence-corrected chi connectivity index (χ1v) is 19.3. The van der Waals surface area contributed by atoms with E-state index in [4.69, 9.17) is 18.2 Å². The molecule has 1 aromatic heterocycles. The van der Waals surface area contributed by atoms with Crippen molar-refractivity contribution < 1.29 is 24.0 Å².